The van der Waals surface area contributed by atoms with E-state index in [0.717, 1.165) is 0 Å². The number of nitrogens with zero attached hydrogens (tertiary/aromatic N) is 4. The topological polar surface area (TPSA) is 81.4 Å². The smallest absolute Gasteiger partial charge is 0.205 e. The molecular formula is C18H17FN4O3. The van der Waals surface area contributed by atoms with Gasteiger partial charge in [-0.2, -0.15) is 0 Å². The Morgan fingerprint density at radius 1 is 1.23 bits per heavy atom. The van der Waals surface area contributed by atoms with Crippen molar-refractivity contribution in [1.29, 1.82) is 0 Å². The highest BCUT2D eigenvalue weighted by Gasteiger charge is 2.29. The summed E-state index contributed by atoms with van der Waals surface area (Å²) in [5.74, 6) is -0.301. The molecule has 4 rings (SSSR count). The van der Waals surface area contributed by atoms with Crippen LogP contribution in [0.1, 0.15) is 24.2 Å². The summed E-state index contributed by atoms with van der Waals surface area (Å²) in [6.45, 7) is 4.80. The second-order valence-electron chi connectivity index (χ2n) is 6.39. The minimum atomic E-state index is -0.611. The van der Waals surface area contributed by atoms with E-state index in [1.165, 1.54) is 0 Å². The molecule has 0 spiro atoms. The summed E-state index contributed by atoms with van der Waals surface area (Å²) in [6.07, 6.45) is 3.62. The highest BCUT2D eigenvalue weighted by Crippen LogP contribution is 2.36. The molecule has 7 nitrogen and oxygen atoms in total. The molecule has 3 heterocycles. The van der Waals surface area contributed by atoms with Crippen molar-refractivity contribution in [2.45, 2.75) is 26.1 Å². The molecule has 0 bridgehead atoms. The molecule has 1 aliphatic rings. The summed E-state index contributed by atoms with van der Waals surface area (Å²) in [6, 6.07) is 3.25. The van der Waals surface area contributed by atoms with Gasteiger partial charge in [0.25, 0.3) is 0 Å². The first-order valence-electron chi connectivity index (χ1n) is 8.33. The van der Waals surface area contributed by atoms with Crippen molar-refractivity contribution in [3.63, 3.8) is 0 Å². The summed E-state index contributed by atoms with van der Waals surface area (Å²) >= 11 is 0. The molecule has 0 amide bonds. The van der Waals surface area contributed by atoms with E-state index in [-0.39, 0.29) is 29.0 Å². The number of fused-ring (bicyclic) bond motifs is 1. The second kappa shape index (κ2) is 6.45. The van der Waals surface area contributed by atoms with E-state index in [1.54, 1.807) is 24.5 Å². The van der Waals surface area contributed by atoms with E-state index in [9.17, 15) is 4.79 Å². The molecule has 2 atom stereocenters. The Morgan fingerprint density at radius 2 is 1.92 bits per heavy atom. The first-order chi connectivity index (χ1) is 12.6. The Bertz CT molecular complexity index is 950. The molecule has 1 aromatic carbocycles. The number of carbonyl (C=O) groups excluding carboxylic acids is 1. The molecule has 0 saturated carbocycles. The number of carbonyl (C=O) groups is 1. The van der Waals surface area contributed by atoms with Gasteiger partial charge in [-0.25, -0.2) is 14.4 Å². The number of rotatable bonds is 3. The van der Waals surface area contributed by atoms with Crippen LogP contribution in [0.2, 0.25) is 0 Å². The van der Waals surface area contributed by atoms with Crippen LogP contribution in [-0.4, -0.2) is 46.7 Å². The molecule has 1 fully saturated rings. The lowest BCUT2D eigenvalue weighted by Crippen LogP contribution is -2.46. The predicted molar refractivity (Wildman–Crippen MR) is 92.6 cm³/mol. The number of ether oxygens (including phenoxy) is 1. The van der Waals surface area contributed by atoms with Gasteiger partial charge in [-0.05, 0) is 26.0 Å². The van der Waals surface area contributed by atoms with E-state index in [1.807, 2.05) is 18.7 Å². The molecule has 2 unspecified atom stereocenters. The lowest BCUT2D eigenvalue weighted by molar-refractivity contribution is -0.00543. The van der Waals surface area contributed by atoms with Crippen molar-refractivity contribution in [3.05, 3.63) is 35.9 Å². The summed E-state index contributed by atoms with van der Waals surface area (Å²) in [5, 5.41) is 4.29. The van der Waals surface area contributed by atoms with E-state index >= 15 is 4.39 Å². The molecule has 0 aliphatic carbocycles. The lowest BCUT2D eigenvalue weighted by atomic mass is 10.1. The van der Waals surface area contributed by atoms with Crippen LogP contribution in [0.15, 0.2) is 29.0 Å². The first-order valence-corrected chi connectivity index (χ1v) is 8.33. The maximum Gasteiger partial charge on any atom is 0.205 e. The average Bonchev–Trinajstić information content (AvgIpc) is 3.05. The van der Waals surface area contributed by atoms with Crippen LogP contribution in [0, 0.1) is 5.82 Å². The third-order valence-electron chi connectivity index (χ3n) is 4.35. The van der Waals surface area contributed by atoms with E-state index in [2.05, 4.69) is 15.1 Å². The molecule has 3 aromatic rings. The van der Waals surface area contributed by atoms with Crippen molar-refractivity contribution >= 4 is 22.9 Å². The van der Waals surface area contributed by atoms with E-state index < -0.39 is 5.82 Å². The van der Waals surface area contributed by atoms with Crippen LogP contribution in [-0.2, 0) is 4.74 Å². The van der Waals surface area contributed by atoms with Gasteiger partial charge < -0.3 is 14.2 Å². The van der Waals surface area contributed by atoms with Gasteiger partial charge in [-0.1, -0.05) is 5.16 Å². The van der Waals surface area contributed by atoms with Crippen molar-refractivity contribution in [1.82, 2.24) is 15.1 Å². The van der Waals surface area contributed by atoms with E-state index in [0.29, 0.717) is 36.3 Å². The number of aldehydes is 1. The fourth-order valence-corrected chi connectivity index (χ4v) is 3.40. The molecular weight excluding hydrogens is 339 g/mol. The molecule has 1 aliphatic heterocycles. The minimum absolute atomic E-state index is 0.0140. The SMILES string of the molecule is CC1CN(c2c(C=O)cc3c(-c4ncccn4)noc3c2F)CC(C)O1. The average molecular weight is 356 g/mol. The molecule has 2 aromatic heterocycles. The molecule has 0 N–H and O–H groups in total. The summed E-state index contributed by atoms with van der Waals surface area (Å²) in [7, 11) is 0. The van der Waals surface area contributed by atoms with Crippen LogP contribution in [0.5, 0.6) is 0 Å². The standard InChI is InChI=1S/C18H17FN4O3/c1-10-7-23(8-11(2)25-10)16-12(9-24)6-13-15(18-20-4-3-5-21-18)22-26-17(13)14(16)19/h3-6,9-11H,7-8H2,1-2H3. The zero-order chi connectivity index (χ0) is 18.3. The minimum Gasteiger partial charge on any atom is -0.372 e. The van der Waals surface area contributed by atoms with Gasteiger partial charge in [-0.15, -0.1) is 0 Å². The Morgan fingerprint density at radius 3 is 2.58 bits per heavy atom. The van der Waals surface area contributed by atoms with Gasteiger partial charge in [0.15, 0.2) is 23.6 Å². The van der Waals surface area contributed by atoms with Crippen LogP contribution in [0.25, 0.3) is 22.5 Å². The van der Waals surface area contributed by atoms with Crippen molar-refractivity contribution in [2.24, 2.45) is 0 Å². The maximum absolute atomic E-state index is 15.3. The third kappa shape index (κ3) is 2.72. The number of benzene rings is 1. The van der Waals surface area contributed by atoms with Gasteiger partial charge >= 0.3 is 0 Å². The largest absolute Gasteiger partial charge is 0.372 e. The van der Waals surface area contributed by atoms with Gasteiger partial charge in [0.2, 0.25) is 5.58 Å². The molecule has 8 heteroatoms. The van der Waals surface area contributed by atoms with Crippen molar-refractivity contribution in [3.8, 4) is 11.5 Å². The first kappa shape index (κ1) is 16.6. The van der Waals surface area contributed by atoms with Crippen LogP contribution >= 0.6 is 0 Å². The normalized spacial score (nSPS) is 20.5. The predicted octanol–water partition coefficient (Wildman–Crippen LogP) is 2.85. The van der Waals surface area contributed by atoms with Gasteiger partial charge in [0, 0.05) is 31.0 Å². The highest BCUT2D eigenvalue weighted by molar-refractivity contribution is 5.99. The number of aromatic nitrogens is 3. The molecule has 0 radical (unpaired) electrons. The Kier molecular flexibility index (Phi) is 4.12. The highest BCUT2D eigenvalue weighted by atomic mass is 19.1. The Labute approximate surface area is 148 Å². The number of morpholine rings is 1. The van der Waals surface area contributed by atoms with Crippen molar-refractivity contribution < 1.29 is 18.4 Å². The lowest BCUT2D eigenvalue weighted by Gasteiger charge is -2.37. The summed E-state index contributed by atoms with van der Waals surface area (Å²) in [5.41, 5.74) is 0.737. The number of halogens is 1. The molecule has 1 saturated heterocycles. The maximum atomic E-state index is 15.3. The summed E-state index contributed by atoms with van der Waals surface area (Å²) < 4.78 is 26.2. The fraction of sp³-hybridized carbons (Fsp3) is 0.333. The van der Waals surface area contributed by atoms with Gasteiger partial charge in [0.05, 0.1) is 23.3 Å². The third-order valence-corrected chi connectivity index (χ3v) is 4.35. The summed E-state index contributed by atoms with van der Waals surface area (Å²) in [4.78, 5) is 21.7. The molecule has 134 valence electrons. The van der Waals surface area contributed by atoms with Crippen LogP contribution in [0.4, 0.5) is 10.1 Å². The molecule has 26 heavy (non-hydrogen) atoms. The zero-order valence-corrected chi connectivity index (χ0v) is 14.3. The van der Waals surface area contributed by atoms with E-state index in [4.69, 9.17) is 9.26 Å². The Balaban J connectivity index is 1.88. The van der Waals surface area contributed by atoms with Gasteiger partial charge in [0.1, 0.15) is 0 Å². The zero-order valence-electron chi connectivity index (χ0n) is 14.3. The van der Waals surface area contributed by atoms with Gasteiger partial charge in [-0.3, -0.25) is 4.79 Å². The fourth-order valence-electron chi connectivity index (χ4n) is 3.40. The number of anilines is 1. The Hall–Kier alpha value is -2.87. The number of hydrogen-bond donors (Lipinski definition) is 0. The monoisotopic (exact) mass is 356 g/mol. The quantitative estimate of drug-likeness (QED) is 0.668. The van der Waals surface area contributed by atoms with Crippen LogP contribution < -0.4 is 4.90 Å². The van der Waals surface area contributed by atoms with Crippen molar-refractivity contribution in [2.75, 3.05) is 18.0 Å². The van der Waals surface area contributed by atoms with Crippen LogP contribution in [0.3, 0.4) is 0 Å². The number of hydrogen-bond acceptors (Lipinski definition) is 7. The second-order valence-corrected chi connectivity index (χ2v) is 6.39.